The number of benzene rings is 11. The zero-order valence-corrected chi connectivity index (χ0v) is 35.3. The quantitative estimate of drug-likeness (QED) is 0.150. The summed E-state index contributed by atoms with van der Waals surface area (Å²) in [6, 6.07) is 84.4. The highest BCUT2D eigenvalue weighted by Crippen LogP contribution is 2.48. The summed E-state index contributed by atoms with van der Waals surface area (Å²) in [7, 11) is 0. The van der Waals surface area contributed by atoms with Gasteiger partial charge in [-0.25, -0.2) is 0 Å². The zero-order chi connectivity index (χ0) is 42.8. The van der Waals surface area contributed by atoms with Crippen LogP contribution in [-0.4, -0.2) is 0 Å². The fourth-order valence-corrected chi connectivity index (χ4v) is 10.0. The van der Waals surface area contributed by atoms with Crippen LogP contribution in [0.4, 0.5) is 17.1 Å². The van der Waals surface area contributed by atoms with E-state index in [4.69, 9.17) is 8.83 Å². The van der Waals surface area contributed by atoms with Gasteiger partial charge in [0.1, 0.15) is 22.5 Å². The summed E-state index contributed by atoms with van der Waals surface area (Å²) in [5, 5.41) is 10.4. The second-order valence-corrected chi connectivity index (χ2v) is 16.8. The number of hydrogen-bond donors (Lipinski definition) is 0. The lowest BCUT2D eigenvalue weighted by molar-refractivity contribution is 0.636. The van der Waals surface area contributed by atoms with Gasteiger partial charge in [0.2, 0.25) is 0 Å². The third-order valence-corrected chi connectivity index (χ3v) is 13.0. The topological polar surface area (TPSA) is 29.5 Å². The van der Waals surface area contributed by atoms with Crippen molar-refractivity contribution >= 4 is 82.3 Å². The third-order valence-electron chi connectivity index (χ3n) is 13.0. The van der Waals surface area contributed by atoms with E-state index in [1.807, 2.05) is 0 Å². The second-order valence-electron chi connectivity index (χ2n) is 16.8. The van der Waals surface area contributed by atoms with E-state index in [-0.39, 0.29) is 0 Å². The van der Waals surface area contributed by atoms with Gasteiger partial charge in [-0.15, -0.1) is 0 Å². The SMILES string of the molecule is c1ccc(-c2ccc(N(c3cccc(-c4ccc5c(c4)c4ccccc4c4c(-c6ccccc6)c(-c6ccccc6)oc54)c3)c3ccc4c(c3)oc3ccc5ccccc5c34)cc2)cc1. The van der Waals surface area contributed by atoms with Crippen molar-refractivity contribution in [2.45, 2.75) is 0 Å². The van der Waals surface area contributed by atoms with E-state index < -0.39 is 0 Å². The van der Waals surface area contributed by atoms with Gasteiger partial charge in [0, 0.05) is 55.8 Å². The molecule has 2 aromatic heterocycles. The first-order valence-corrected chi connectivity index (χ1v) is 22.2. The maximum absolute atomic E-state index is 7.05. The van der Waals surface area contributed by atoms with Crippen molar-refractivity contribution in [2.75, 3.05) is 4.90 Å². The van der Waals surface area contributed by atoms with E-state index in [2.05, 4.69) is 241 Å². The van der Waals surface area contributed by atoms with Crippen LogP contribution in [0.2, 0.25) is 0 Å². The van der Waals surface area contributed by atoms with Crippen molar-refractivity contribution in [1.29, 1.82) is 0 Å². The number of hydrogen-bond acceptors (Lipinski definition) is 3. The summed E-state index contributed by atoms with van der Waals surface area (Å²) in [5.74, 6) is 0.882. The van der Waals surface area contributed by atoms with Crippen LogP contribution in [0, 0.1) is 0 Å². The van der Waals surface area contributed by atoms with Crippen molar-refractivity contribution in [3.63, 3.8) is 0 Å². The second kappa shape index (κ2) is 15.0. The number of fused-ring (bicyclic) bond motifs is 11. The minimum atomic E-state index is 0.854. The average molecular weight is 830 g/mol. The van der Waals surface area contributed by atoms with Crippen molar-refractivity contribution in [3.8, 4) is 44.7 Å². The molecule has 0 spiro atoms. The van der Waals surface area contributed by atoms with E-state index in [0.29, 0.717) is 0 Å². The zero-order valence-electron chi connectivity index (χ0n) is 35.3. The molecule has 0 unspecified atom stereocenters. The molecule has 0 aliphatic heterocycles. The Hall–Kier alpha value is -8.66. The average Bonchev–Trinajstić information content (AvgIpc) is 3.98. The molecule has 0 atom stereocenters. The number of anilines is 3. The summed E-state index contributed by atoms with van der Waals surface area (Å²) in [5.41, 5.74) is 13.7. The molecule has 0 bridgehead atoms. The molecule has 0 fully saturated rings. The summed E-state index contributed by atoms with van der Waals surface area (Å²) >= 11 is 0. The van der Waals surface area contributed by atoms with Gasteiger partial charge in [0.15, 0.2) is 0 Å². The maximum Gasteiger partial charge on any atom is 0.143 e. The van der Waals surface area contributed by atoms with Crippen LogP contribution in [0.25, 0.3) is 110 Å². The molecule has 0 aliphatic rings. The molecular formula is C62H39NO2. The standard InChI is InChI=1S/C62H39NO2/c1-4-15-40(16-5-1)41-27-31-47(32-28-41)63(49-33-35-54-57(39-49)64-56-36-30-42-17-10-11-24-50(42)59(54)56)48-23-14-22-45(37-48)46-29-34-53-55(38-46)51-25-12-13-26-52(51)60-58(43-18-6-2-7-19-43)61(65-62(53)60)44-20-8-3-9-21-44/h1-39H. The van der Waals surface area contributed by atoms with Gasteiger partial charge in [-0.05, 0) is 109 Å². The summed E-state index contributed by atoms with van der Waals surface area (Å²) in [4.78, 5) is 2.34. The monoisotopic (exact) mass is 829 g/mol. The Balaban J connectivity index is 0.979. The Bertz CT molecular complexity index is 3920. The normalized spacial score (nSPS) is 11.7. The Labute approximate surface area is 375 Å². The predicted molar refractivity (Wildman–Crippen MR) is 272 cm³/mol. The Morgan fingerprint density at radius 2 is 0.862 bits per heavy atom. The summed E-state index contributed by atoms with van der Waals surface area (Å²) in [6.45, 7) is 0. The highest BCUT2D eigenvalue weighted by Gasteiger charge is 2.23. The van der Waals surface area contributed by atoms with Crippen LogP contribution < -0.4 is 4.90 Å². The Morgan fingerprint density at radius 1 is 0.277 bits per heavy atom. The largest absolute Gasteiger partial charge is 0.456 e. The van der Waals surface area contributed by atoms with Crippen LogP contribution in [-0.2, 0) is 0 Å². The van der Waals surface area contributed by atoms with E-state index in [9.17, 15) is 0 Å². The molecule has 11 aromatic carbocycles. The van der Waals surface area contributed by atoms with Crippen molar-refractivity contribution < 1.29 is 8.83 Å². The number of rotatable bonds is 7. The summed E-state index contributed by atoms with van der Waals surface area (Å²) in [6.07, 6.45) is 0. The Kier molecular flexibility index (Phi) is 8.53. The molecule has 13 aromatic rings. The molecule has 0 radical (unpaired) electrons. The first kappa shape index (κ1) is 36.9. The molecule has 0 N–H and O–H groups in total. The van der Waals surface area contributed by atoms with Gasteiger partial charge in [-0.3, -0.25) is 0 Å². The molecule has 2 heterocycles. The molecule has 65 heavy (non-hydrogen) atoms. The van der Waals surface area contributed by atoms with Gasteiger partial charge >= 0.3 is 0 Å². The Morgan fingerprint density at radius 3 is 1.65 bits per heavy atom. The van der Waals surface area contributed by atoms with E-state index >= 15 is 0 Å². The molecule has 0 saturated carbocycles. The first-order chi connectivity index (χ1) is 32.2. The van der Waals surface area contributed by atoms with E-state index in [0.717, 1.165) is 94.3 Å². The van der Waals surface area contributed by atoms with Crippen LogP contribution >= 0.6 is 0 Å². The fourth-order valence-electron chi connectivity index (χ4n) is 10.0. The van der Waals surface area contributed by atoms with Gasteiger partial charge in [-0.1, -0.05) is 176 Å². The van der Waals surface area contributed by atoms with Gasteiger partial charge < -0.3 is 13.7 Å². The van der Waals surface area contributed by atoms with Crippen LogP contribution in [0.3, 0.4) is 0 Å². The smallest absolute Gasteiger partial charge is 0.143 e. The summed E-state index contributed by atoms with van der Waals surface area (Å²) < 4.78 is 13.7. The third kappa shape index (κ3) is 6.12. The first-order valence-electron chi connectivity index (χ1n) is 22.2. The highest BCUT2D eigenvalue weighted by atomic mass is 16.3. The molecule has 0 aliphatic carbocycles. The molecule has 13 rings (SSSR count). The number of furan rings is 2. The lowest BCUT2D eigenvalue weighted by atomic mass is 9.91. The van der Waals surface area contributed by atoms with Crippen LogP contribution in [0.5, 0.6) is 0 Å². The van der Waals surface area contributed by atoms with Crippen molar-refractivity contribution in [3.05, 3.63) is 237 Å². The molecule has 3 nitrogen and oxygen atoms in total. The fraction of sp³-hybridized carbons (Fsp3) is 0. The van der Waals surface area contributed by atoms with E-state index in [1.165, 1.54) is 32.7 Å². The van der Waals surface area contributed by atoms with Gasteiger partial charge in [0.05, 0.1) is 0 Å². The lowest BCUT2D eigenvalue weighted by Crippen LogP contribution is -2.10. The minimum Gasteiger partial charge on any atom is -0.456 e. The predicted octanol–water partition coefficient (Wildman–Crippen LogP) is 17.9. The molecule has 3 heteroatoms. The minimum absolute atomic E-state index is 0.854. The molecule has 0 saturated heterocycles. The maximum atomic E-state index is 7.05. The van der Waals surface area contributed by atoms with Crippen LogP contribution in [0.1, 0.15) is 0 Å². The van der Waals surface area contributed by atoms with Gasteiger partial charge in [-0.2, -0.15) is 0 Å². The van der Waals surface area contributed by atoms with Crippen molar-refractivity contribution in [2.24, 2.45) is 0 Å². The van der Waals surface area contributed by atoms with E-state index in [1.54, 1.807) is 0 Å². The number of nitrogens with zero attached hydrogens (tertiary/aromatic N) is 1. The molecular weight excluding hydrogens is 791 g/mol. The molecule has 304 valence electrons. The molecule has 0 amide bonds. The van der Waals surface area contributed by atoms with Crippen LogP contribution in [0.15, 0.2) is 245 Å². The highest BCUT2D eigenvalue weighted by molar-refractivity contribution is 6.29. The van der Waals surface area contributed by atoms with Gasteiger partial charge in [0.25, 0.3) is 0 Å². The van der Waals surface area contributed by atoms with Crippen molar-refractivity contribution in [1.82, 2.24) is 0 Å². The lowest BCUT2D eigenvalue weighted by Gasteiger charge is -2.26.